The minimum absolute atomic E-state index is 0.0408. The maximum Gasteiger partial charge on any atom is 0.242 e. The molecule has 1 amide bonds. The van der Waals surface area contributed by atoms with E-state index in [9.17, 15) is 17.6 Å². The fraction of sp³-hybridized carbons (Fsp3) is 0.259. The molecule has 1 saturated heterocycles. The Kier molecular flexibility index (Phi) is 7.70. The SMILES string of the molecule is Cc1ccc(C(=S)N(CC(=O)N2CCN(c3ccc(F)cc3S(C)(=O)=O)CC2)c2ccccc2)cc1. The van der Waals surface area contributed by atoms with E-state index in [1.165, 1.54) is 12.1 Å². The summed E-state index contributed by atoms with van der Waals surface area (Å²) in [5, 5.41) is 0. The summed E-state index contributed by atoms with van der Waals surface area (Å²) in [6, 6.07) is 21.3. The Morgan fingerprint density at radius 2 is 1.61 bits per heavy atom. The third-order valence-corrected chi connectivity index (χ3v) is 7.78. The smallest absolute Gasteiger partial charge is 0.242 e. The zero-order chi connectivity index (χ0) is 25.9. The van der Waals surface area contributed by atoms with Crippen molar-refractivity contribution < 1.29 is 17.6 Å². The Bertz CT molecular complexity index is 1350. The highest BCUT2D eigenvalue weighted by Gasteiger charge is 2.27. The molecule has 1 aliphatic rings. The van der Waals surface area contributed by atoms with Gasteiger partial charge in [-0.05, 0) is 37.3 Å². The number of amides is 1. The van der Waals surface area contributed by atoms with Crippen LogP contribution in [0.25, 0.3) is 0 Å². The molecule has 0 saturated carbocycles. The van der Waals surface area contributed by atoms with Crippen LogP contribution in [0.2, 0.25) is 0 Å². The lowest BCUT2D eigenvalue weighted by Gasteiger charge is -2.38. The number of anilines is 2. The van der Waals surface area contributed by atoms with Crippen LogP contribution in [0, 0.1) is 12.7 Å². The van der Waals surface area contributed by atoms with Crippen molar-refractivity contribution in [2.24, 2.45) is 0 Å². The third-order valence-electron chi connectivity index (χ3n) is 6.20. The molecule has 1 fully saturated rings. The molecule has 0 spiro atoms. The molecule has 0 radical (unpaired) electrons. The van der Waals surface area contributed by atoms with Gasteiger partial charge in [0.25, 0.3) is 0 Å². The van der Waals surface area contributed by atoms with Crippen LogP contribution in [0.15, 0.2) is 77.7 Å². The second-order valence-electron chi connectivity index (χ2n) is 8.84. The molecule has 3 aromatic rings. The number of para-hydroxylation sites is 1. The molecule has 0 aromatic heterocycles. The molecule has 0 aliphatic carbocycles. The van der Waals surface area contributed by atoms with Crippen LogP contribution in [-0.2, 0) is 14.6 Å². The van der Waals surface area contributed by atoms with E-state index in [0.29, 0.717) is 36.9 Å². The number of rotatable bonds is 6. The van der Waals surface area contributed by atoms with Crippen molar-refractivity contribution in [2.75, 3.05) is 48.8 Å². The molecular formula is C27H28FN3O3S2. The second-order valence-corrected chi connectivity index (χ2v) is 11.2. The Hall–Kier alpha value is -3.30. The van der Waals surface area contributed by atoms with Gasteiger partial charge in [0.1, 0.15) is 17.4 Å². The lowest BCUT2D eigenvalue weighted by molar-refractivity contribution is -0.129. The van der Waals surface area contributed by atoms with Gasteiger partial charge >= 0.3 is 0 Å². The van der Waals surface area contributed by atoms with Gasteiger partial charge in [-0.3, -0.25) is 4.79 Å². The molecule has 0 unspecified atom stereocenters. The number of carbonyl (C=O) groups is 1. The molecule has 9 heteroatoms. The summed E-state index contributed by atoms with van der Waals surface area (Å²) in [5.41, 5.74) is 3.28. The number of piperazine rings is 1. The van der Waals surface area contributed by atoms with Crippen LogP contribution in [0.3, 0.4) is 0 Å². The van der Waals surface area contributed by atoms with Crippen molar-refractivity contribution in [1.29, 1.82) is 0 Å². The summed E-state index contributed by atoms with van der Waals surface area (Å²) < 4.78 is 38.1. The minimum Gasteiger partial charge on any atom is -0.367 e. The van der Waals surface area contributed by atoms with Crippen molar-refractivity contribution in [3.05, 3.63) is 89.7 Å². The number of hydrogen-bond donors (Lipinski definition) is 0. The number of nitrogens with zero attached hydrogens (tertiary/aromatic N) is 3. The number of halogens is 1. The van der Waals surface area contributed by atoms with Crippen LogP contribution in [0.4, 0.5) is 15.8 Å². The van der Waals surface area contributed by atoms with Crippen molar-refractivity contribution in [1.82, 2.24) is 4.90 Å². The first-order valence-electron chi connectivity index (χ1n) is 11.6. The van der Waals surface area contributed by atoms with Crippen molar-refractivity contribution >= 4 is 44.3 Å². The van der Waals surface area contributed by atoms with Gasteiger partial charge in [-0.1, -0.05) is 60.2 Å². The lowest BCUT2D eigenvalue weighted by Crippen LogP contribution is -2.52. The Morgan fingerprint density at radius 3 is 2.22 bits per heavy atom. The number of sulfone groups is 1. The number of thiocarbonyl (C=S) groups is 1. The van der Waals surface area contributed by atoms with E-state index in [1.54, 1.807) is 4.90 Å². The Labute approximate surface area is 216 Å². The molecule has 6 nitrogen and oxygen atoms in total. The first kappa shape index (κ1) is 25.8. The summed E-state index contributed by atoms with van der Waals surface area (Å²) in [5.74, 6) is -0.672. The largest absolute Gasteiger partial charge is 0.367 e. The van der Waals surface area contributed by atoms with E-state index in [0.717, 1.165) is 29.1 Å². The average Bonchev–Trinajstić information content (AvgIpc) is 2.87. The predicted octanol–water partition coefficient (Wildman–Crippen LogP) is 4.07. The minimum atomic E-state index is -3.60. The van der Waals surface area contributed by atoms with Gasteiger partial charge < -0.3 is 14.7 Å². The molecule has 3 aromatic carbocycles. The van der Waals surface area contributed by atoms with Crippen molar-refractivity contribution in [2.45, 2.75) is 11.8 Å². The van der Waals surface area contributed by atoms with E-state index in [2.05, 4.69) is 0 Å². The summed E-state index contributed by atoms with van der Waals surface area (Å²) in [4.78, 5) is 19.4. The topological polar surface area (TPSA) is 60.9 Å². The molecule has 0 bridgehead atoms. The maximum atomic E-state index is 13.7. The third kappa shape index (κ3) is 5.91. The van der Waals surface area contributed by atoms with E-state index < -0.39 is 15.7 Å². The van der Waals surface area contributed by atoms with Gasteiger partial charge in [0.2, 0.25) is 5.91 Å². The molecule has 4 rings (SSSR count). The standard InChI is InChI=1S/C27H28FN3O3S2/c1-20-8-10-21(11-9-20)27(35)31(23-6-4-3-5-7-23)19-26(32)30-16-14-29(15-17-30)24-13-12-22(28)18-25(24)36(2,33)34/h3-13,18H,14-17,19H2,1-2H3. The highest BCUT2D eigenvalue weighted by molar-refractivity contribution is 7.90. The highest BCUT2D eigenvalue weighted by atomic mass is 32.2. The van der Waals surface area contributed by atoms with Gasteiger partial charge in [-0.25, -0.2) is 12.8 Å². The highest BCUT2D eigenvalue weighted by Crippen LogP contribution is 2.27. The van der Waals surface area contributed by atoms with E-state index in [-0.39, 0.29) is 17.3 Å². The summed E-state index contributed by atoms with van der Waals surface area (Å²) in [7, 11) is -3.60. The van der Waals surface area contributed by atoms with Crippen LogP contribution in [-0.4, -0.2) is 63.2 Å². The lowest BCUT2D eigenvalue weighted by atomic mass is 10.1. The van der Waals surface area contributed by atoms with Gasteiger partial charge in [0.15, 0.2) is 9.84 Å². The summed E-state index contributed by atoms with van der Waals surface area (Å²) in [6.07, 6.45) is 1.07. The molecule has 1 heterocycles. The van der Waals surface area contributed by atoms with Gasteiger partial charge in [-0.15, -0.1) is 0 Å². The zero-order valence-corrected chi connectivity index (χ0v) is 21.9. The Morgan fingerprint density at radius 1 is 0.972 bits per heavy atom. The fourth-order valence-electron chi connectivity index (χ4n) is 4.22. The molecule has 36 heavy (non-hydrogen) atoms. The van der Waals surface area contributed by atoms with E-state index in [4.69, 9.17) is 12.2 Å². The summed E-state index contributed by atoms with van der Waals surface area (Å²) in [6.45, 7) is 3.80. The van der Waals surface area contributed by atoms with Gasteiger partial charge in [0.05, 0.1) is 10.6 Å². The van der Waals surface area contributed by atoms with Crippen LogP contribution >= 0.6 is 12.2 Å². The number of benzene rings is 3. The van der Waals surface area contributed by atoms with Crippen molar-refractivity contribution in [3.63, 3.8) is 0 Å². The molecule has 0 atom stereocenters. The Balaban J connectivity index is 1.49. The number of hydrogen-bond acceptors (Lipinski definition) is 5. The molecule has 1 aliphatic heterocycles. The second kappa shape index (κ2) is 10.8. The first-order chi connectivity index (χ1) is 17.1. The monoisotopic (exact) mass is 525 g/mol. The quantitative estimate of drug-likeness (QED) is 0.453. The van der Waals surface area contributed by atoms with E-state index >= 15 is 0 Å². The van der Waals surface area contributed by atoms with Crippen LogP contribution < -0.4 is 9.80 Å². The predicted molar refractivity (Wildman–Crippen MR) is 145 cm³/mol. The fourth-order valence-corrected chi connectivity index (χ4v) is 5.43. The number of aryl methyl sites for hydroxylation is 1. The van der Waals surface area contributed by atoms with E-state index in [1.807, 2.05) is 71.3 Å². The van der Waals surface area contributed by atoms with Gasteiger partial charge in [-0.2, -0.15) is 0 Å². The molecular weight excluding hydrogens is 497 g/mol. The summed E-state index contributed by atoms with van der Waals surface area (Å²) >= 11 is 5.79. The zero-order valence-electron chi connectivity index (χ0n) is 20.2. The number of carbonyl (C=O) groups excluding carboxylic acids is 1. The average molecular weight is 526 g/mol. The van der Waals surface area contributed by atoms with Crippen LogP contribution in [0.5, 0.6) is 0 Å². The van der Waals surface area contributed by atoms with Crippen LogP contribution in [0.1, 0.15) is 11.1 Å². The maximum absolute atomic E-state index is 13.7. The molecule has 0 N–H and O–H groups in total. The normalized spacial score (nSPS) is 14.0. The van der Waals surface area contributed by atoms with Crippen molar-refractivity contribution in [3.8, 4) is 0 Å². The van der Waals surface area contributed by atoms with Gasteiger partial charge in [0, 0.05) is 43.7 Å². The molecule has 188 valence electrons. The first-order valence-corrected chi connectivity index (χ1v) is 13.9.